The minimum atomic E-state index is -3.30. The van der Waals surface area contributed by atoms with Gasteiger partial charge in [0.15, 0.2) is 5.82 Å². The molecule has 7 nitrogen and oxygen atoms in total. The van der Waals surface area contributed by atoms with Gasteiger partial charge in [-0.1, -0.05) is 13.8 Å². The molecule has 0 bridgehead atoms. The summed E-state index contributed by atoms with van der Waals surface area (Å²) in [6, 6.07) is 12.7. The number of anilines is 3. The number of nitrogens with zero attached hydrogens (tertiary/aromatic N) is 3. The molecule has 0 spiro atoms. The molecule has 28 heavy (non-hydrogen) atoms. The maximum atomic E-state index is 11.9. The van der Waals surface area contributed by atoms with Gasteiger partial charge in [-0.3, -0.25) is 9.71 Å². The molecule has 0 saturated heterocycles. The smallest absolute Gasteiger partial charge is 0.232 e. The van der Waals surface area contributed by atoms with Crippen LogP contribution in [0.3, 0.4) is 0 Å². The first-order valence-electron chi connectivity index (χ1n) is 9.15. The molecule has 0 unspecified atom stereocenters. The average Bonchev–Trinajstić information content (AvgIpc) is 2.69. The van der Waals surface area contributed by atoms with Crippen LogP contribution in [0.1, 0.15) is 26.0 Å². The molecule has 0 amide bonds. The highest BCUT2D eigenvalue weighted by atomic mass is 32.2. The Morgan fingerprint density at radius 2 is 1.61 bits per heavy atom. The number of hydrogen-bond donors (Lipinski definition) is 2. The van der Waals surface area contributed by atoms with Gasteiger partial charge in [0.1, 0.15) is 5.82 Å². The lowest BCUT2D eigenvalue weighted by molar-refractivity contribution is 0.600. The van der Waals surface area contributed by atoms with Gasteiger partial charge in [-0.2, -0.15) is 0 Å². The van der Waals surface area contributed by atoms with Crippen molar-refractivity contribution in [3.05, 3.63) is 60.6 Å². The predicted molar refractivity (Wildman–Crippen MR) is 112 cm³/mol. The van der Waals surface area contributed by atoms with E-state index in [0.29, 0.717) is 23.8 Å². The van der Waals surface area contributed by atoms with E-state index in [0.717, 1.165) is 23.4 Å². The first kappa shape index (κ1) is 19.8. The fraction of sp³-hybridized carbons (Fsp3) is 0.250. The molecule has 0 aliphatic carbocycles. The third kappa shape index (κ3) is 5.26. The van der Waals surface area contributed by atoms with Gasteiger partial charge in [-0.15, -0.1) is 0 Å². The standard InChI is InChI=1S/C20H23N5O2S/c1-3-13-28(26,27)25-18-7-5-17(6-8-18)22-19-14-16(4-2)23-20(24-19)15-9-11-21-12-10-15/h5-12,14,25H,3-4,13H2,1-2H3,(H,22,23,24). The van der Waals surface area contributed by atoms with Crippen LogP contribution in [0.4, 0.5) is 17.2 Å². The fourth-order valence-corrected chi connectivity index (χ4v) is 3.78. The summed E-state index contributed by atoms with van der Waals surface area (Å²) in [5.41, 5.74) is 3.16. The highest BCUT2D eigenvalue weighted by Crippen LogP contribution is 2.22. The first-order chi connectivity index (χ1) is 13.5. The van der Waals surface area contributed by atoms with Crippen molar-refractivity contribution in [2.45, 2.75) is 26.7 Å². The van der Waals surface area contributed by atoms with Crippen molar-refractivity contribution >= 4 is 27.2 Å². The van der Waals surface area contributed by atoms with Crippen molar-refractivity contribution in [1.82, 2.24) is 15.0 Å². The third-order valence-electron chi connectivity index (χ3n) is 3.98. The summed E-state index contributed by atoms with van der Waals surface area (Å²) in [4.78, 5) is 13.2. The second-order valence-corrected chi connectivity index (χ2v) is 8.12. The minimum absolute atomic E-state index is 0.103. The quantitative estimate of drug-likeness (QED) is 0.596. The van der Waals surface area contributed by atoms with Gasteiger partial charge in [0.25, 0.3) is 0 Å². The van der Waals surface area contributed by atoms with E-state index >= 15 is 0 Å². The number of aromatic nitrogens is 3. The predicted octanol–water partition coefficient (Wildman–Crippen LogP) is 4.00. The second kappa shape index (κ2) is 8.79. The Balaban J connectivity index is 1.80. The molecule has 0 aliphatic rings. The van der Waals surface area contributed by atoms with Crippen molar-refractivity contribution in [3.8, 4) is 11.4 Å². The van der Waals surface area contributed by atoms with E-state index in [4.69, 9.17) is 0 Å². The molecule has 3 rings (SSSR count). The first-order valence-corrected chi connectivity index (χ1v) is 10.8. The Morgan fingerprint density at radius 1 is 0.929 bits per heavy atom. The van der Waals surface area contributed by atoms with Crippen LogP contribution in [-0.2, 0) is 16.4 Å². The number of aryl methyl sites for hydroxylation is 1. The van der Waals surface area contributed by atoms with Crippen LogP contribution >= 0.6 is 0 Å². The summed E-state index contributed by atoms with van der Waals surface area (Å²) in [6.07, 6.45) is 4.78. The van der Waals surface area contributed by atoms with Crippen molar-refractivity contribution in [2.75, 3.05) is 15.8 Å². The molecule has 2 aromatic heterocycles. The van der Waals surface area contributed by atoms with Gasteiger partial charge in [0.2, 0.25) is 10.0 Å². The van der Waals surface area contributed by atoms with Crippen LogP contribution in [0.5, 0.6) is 0 Å². The molecule has 2 heterocycles. The second-order valence-electron chi connectivity index (χ2n) is 6.28. The van der Waals surface area contributed by atoms with Crippen LogP contribution in [0, 0.1) is 0 Å². The summed E-state index contributed by atoms with van der Waals surface area (Å²) in [5, 5.41) is 3.26. The molecule has 8 heteroatoms. The van der Waals surface area contributed by atoms with E-state index < -0.39 is 10.0 Å². The van der Waals surface area contributed by atoms with Gasteiger partial charge in [-0.25, -0.2) is 18.4 Å². The van der Waals surface area contributed by atoms with E-state index in [-0.39, 0.29) is 5.75 Å². The molecule has 0 fully saturated rings. The molecule has 0 saturated carbocycles. The van der Waals surface area contributed by atoms with Crippen molar-refractivity contribution in [3.63, 3.8) is 0 Å². The van der Waals surface area contributed by atoms with E-state index in [1.165, 1.54) is 0 Å². The lowest BCUT2D eigenvalue weighted by atomic mass is 10.2. The van der Waals surface area contributed by atoms with Crippen molar-refractivity contribution in [1.29, 1.82) is 0 Å². The normalized spacial score (nSPS) is 11.2. The topological polar surface area (TPSA) is 96.9 Å². The molecular weight excluding hydrogens is 374 g/mol. The summed E-state index contributed by atoms with van der Waals surface area (Å²) >= 11 is 0. The van der Waals surface area contributed by atoms with Gasteiger partial charge in [0, 0.05) is 41.1 Å². The number of sulfonamides is 1. The van der Waals surface area contributed by atoms with Gasteiger partial charge in [-0.05, 0) is 49.2 Å². The maximum absolute atomic E-state index is 11.9. The highest BCUT2D eigenvalue weighted by Gasteiger charge is 2.09. The van der Waals surface area contributed by atoms with Crippen molar-refractivity contribution in [2.24, 2.45) is 0 Å². The van der Waals surface area contributed by atoms with Crippen LogP contribution in [0.15, 0.2) is 54.9 Å². The fourth-order valence-electron chi connectivity index (χ4n) is 2.64. The zero-order valence-corrected chi connectivity index (χ0v) is 16.7. The van der Waals surface area contributed by atoms with E-state index in [1.807, 2.05) is 44.2 Å². The van der Waals surface area contributed by atoms with Crippen molar-refractivity contribution < 1.29 is 8.42 Å². The summed E-state index contributed by atoms with van der Waals surface area (Å²) in [5.74, 6) is 1.41. The monoisotopic (exact) mass is 397 g/mol. The average molecular weight is 398 g/mol. The number of rotatable bonds is 8. The Labute approximate surface area is 165 Å². The molecule has 0 aliphatic heterocycles. The lowest BCUT2D eigenvalue weighted by Crippen LogP contribution is -2.15. The van der Waals surface area contributed by atoms with E-state index in [9.17, 15) is 8.42 Å². The Morgan fingerprint density at radius 3 is 2.25 bits per heavy atom. The SMILES string of the molecule is CCCS(=O)(=O)Nc1ccc(Nc2cc(CC)nc(-c3ccncc3)n2)cc1. The highest BCUT2D eigenvalue weighted by molar-refractivity contribution is 7.92. The summed E-state index contributed by atoms with van der Waals surface area (Å²) in [6.45, 7) is 3.87. The lowest BCUT2D eigenvalue weighted by Gasteiger charge is -2.11. The number of nitrogens with one attached hydrogen (secondary N) is 2. The van der Waals surface area contributed by atoms with Crippen LogP contribution in [0.2, 0.25) is 0 Å². The third-order valence-corrected chi connectivity index (χ3v) is 5.48. The number of pyridine rings is 1. The molecule has 2 N–H and O–H groups in total. The van der Waals surface area contributed by atoms with Crippen LogP contribution in [-0.4, -0.2) is 29.1 Å². The van der Waals surface area contributed by atoms with Gasteiger partial charge in [0.05, 0.1) is 5.75 Å². The van der Waals surface area contributed by atoms with Gasteiger partial charge >= 0.3 is 0 Å². The zero-order valence-electron chi connectivity index (χ0n) is 15.9. The molecule has 146 valence electrons. The summed E-state index contributed by atoms with van der Waals surface area (Å²) < 4.78 is 26.3. The largest absolute Gasteiger partial charge is 0.340 e. The Bertz CT molecular complexity index is 1020. The Kier molecular flexibility index (Phi) is 6.20. The molecule has 1 aromatic carbocycles. The molecule has 0 atom stereocenters. The Hall–Kier alpha value is -3.00. The van der Waals surface area contributed by atoms with Crippen LogP contribution in [0.25, 0.3) is 11.4 Å². The molecule has 3 aromatic rings. The van der Waals surface area contributed by atoms with E-state index in [2.05, 4.69) is 25.0 Å². The van der Waals surface area contributed by atoms with E-state index in [1.54, 1.807) is 24.5 Å². The van der Waals surface area contributed by atoms with Crippen LogP contribution < -0.4 is 10.0 Å². The molecular formula is C20H23N5O2S. The van der Waals surface area contributed by atoms with Gasteiger partial charge < -0.3 is 5.32 Å². The maximum Gasteiger partial charge on any atom is 0.232 e. The molecule has 0 radical (unpaired) electrons. The minimum Gasteiger partial charge on any atom is -0.340 e. The number of benzene rings is 1. The number of hydrogen-bond acceptors (Lipinski definition) is 6. The summed E-state index contributed by atoms with van der Waals surface area (Å²) in [7, 11) is -3.30. The zero-order chi connectivity index (χ0) is 20.0.